The van der Waals surface area contributed by atoms with E-state index in [1.807, 2.05) is 12.3 Å². The number of aromatic nitrogens is 1. The average molecular weight is 252 g/mol. The highest BCUT2D eigenvalue weighted by Crippen LogP contribution is 2.31. The van der Waals surface area contributed by atoms with Crippen LogP contribution in [0.4, 0.5) is 0 Å². The van der Waals surface area contributed by atoms with Crippen LogP contribution < -0.4 is 5.32 Å². The standard InChI is InChI=1S/C17H20N2/c1-12-5-3-6-15(11-12)13(2)19-16-9-8-14-7-4-10-18-17(14)16/h3-7,10-11,13,16,19H,8-9H2,1-2H3/t13-,16?/m0/s1. The smallest absolute Gasteiger partial charge is 0.0605 e. The number of hydrogen-bond donors (Lipinski definition) is 1. The zero-order valence-corrected chi connectivity index (χ0v) is 11.6. The molecule has 1 N–H and O–H groups in total. The third kappa shape index (κ3) is 2.54. The number of nitrogens with one attached hydrogen (secondary N) is 1. The van der Waals surface area contributed by atoms with Crippen LogP contribution in [0.15, 0.2) is 42.6 Å². The predicted molar refractivity (Wildman–Crippen MR) is 78.0 cm³/mol. The summed E-state index contributed by atoms with van der Waals surface area (Å²) < 4.78 is 0. The van der Waals surface area contributed by atoms with E-state index in [9.17, 15) is 0 Å². The highest BCUT2D eigenvalue weighted by molar-refractivity contribution is 5.29. The van der Waals surface area contributed by atoms with Gasteiger partial charge >= 0.3 is 0 Å². The lowest BCUT2D eigenvalue weighted by atomic mass is 10.0. The van der Waals surface area contributed by atoms with Crippen molar-refractivity contribution in [3.63, 3.8) is 0 Å². The van der Waals surface area contributed by atoms with Crippen molar-refractivity contribution >= 4 is 0 Å². The second-order valence-electron chi connectivity index (χ2n) is 5.44. The van der Waals surface area contributed by atoms with Crippen LogP contribution in [-0.2, 0) is 6.42 Å². The van der Waals surface area contributed by atoms with E-state index >= 15 is 0 Å². The molecule has 1 unspecified atom stereocenters. The van der Waals surface area contributed by atoms with Gasteiger partial charge in [-0.25, -0.2) is 0 Å². The first-order chi connectivity index (χ1) is 9.24. The van der Waals surface area contributed by atoms with Gasteiger partial charge in [0.2, 0.25) is 0 Å². The molecule has 19 heavy (non-hydrogen) atoms. The molecule has 1 aromatic carbocycles. The number of pyridine rings is 1. The number of aryl methyl sites for hydroxylation is 2. The van der Waals surface area contributed by atoms with E-state index in [0.717, 1.165) is 12.8 Å². The Hall–Kier alpha value is -1.67. The highest BCUT2D eigenvalue weighted by atomic mass is 15.0. The number of benzene rings is 1. The summed E-state index contributed by atoms with van der Waals surface area (Å²) >= 11 is 0. The topological polar surface area (TPSA) is 24.9 Å². The molecule has 2 atom stereocenters. The van der Waals surface area contributed by atoms with Crippen LogP contribution >= 0.6 is 0 Å². The largest absolute Gasteiger partial charge is 0.302 e. The van der Waals surface area contributed by atoms with Gasteiger partial charge in [-0.3, -0.25) is 4.98 Å². The molecule has 1 heterocycles. The fraction of sp³-hybridized carbons (Fsp3) is 0.353. The summed E-state index contributed by atoms with van der Waals surface area (Å²) in [7, 11) is 0. The minimum absolute atomic E-state index is 0.359. The molecule has 1 aliphatic carbocycles. The lowest BCUT2D eigenvalue weighted by molar-refractivity contribution is 0.458. The number of fused-ring (bicyclic) bond motifs is 1. The van der Waals surface area contributed by atoms with Crippen LogP contribution in [0.5, 0.6) is 0 Å². The van der Waals surface area contributed by atoms with Gasteiger partial charge in [0.25, 0.3) is 0 Å². The lowest BCUT2D eigenvalue weighted by Crippen LogP contribution is -2.23. The van der Waals surface area contributed by atoms with Crippen molar-refractivity contribution in [1.82, 2.24) is 10.3 Å². The Kier molecular flexibility index (Phi) is 3.34. The molecule has 0 spiro atoms. The first-order valence-electron chi connectivity index (χ1n) is 7.00. The molecule has 2 nitrogen and oxygen atoms in total. The first kappa shape index (κ1) is 12.4. The van der Waals surface area contributed by atoms with E-state index in [4.69, 9.17) is 0 Å². The normalized spacial score (nSPS) is 19.2. The maximum Gasteiger partial charge on any atom is 0.0605 e. The number of nitrogens with zero attached hydrogens (tertiary/aromatic N) is 1. The van der Waals surface area contributed by atoms with E-state index in [1.165, 1.54) is 22.4 Å². The zero-order chi connectivity index (χ0) is 13.2. The quantitative estimate of drug-likeness (QED) is 0.900. The molecule has 1 aromatic heterocycles. The van der Waals surface area contributed by atoms with Gasteiger partial charge in [-0.15, -0.1) is 0 Å². The molecule has 0 radical (unpaired) electrons. The lowest BCUT2D eigenvalue weighted by Gasteiger charge is -2.20. The molecule has 0 saturated heterocycles. The van der Waals surface area contributed by atoms with Gasteiger partial charge < -0.3 is 5.32 Å². The summed E-state index contributed by atoms with van der Waals surface area (Å²) in [5.74, 6) is 0. The molecule has 0 aliphatic heterocycles. The SMILES string of the molecule is Cc1cccc([C@H](C)NC2CCc3cccnc32)c1. The minimum atomic E-state index is 0.359. The summed E-state index contributed by atoms with van der Waals surface area (Å²) in [5, 5.41) is 3.72. The van der Waals surface area contributed by atoms with E-state index in [2.05, 4.69) is 54.5 Å². The Labute approximate surface area is 114 Å². The summed E-state index contributed by atoms with van der Waals surface area (Å²) in [6, 6.07) is 13.7. The van der Waals surface area contributed by atoms with Crippen LogP contribution in [0.2, 0.25) is 0 Å². The summed E-state index contributed by atoms with van der Waals surface area (Å²) in [4.78, 5) is 4.54. The molecule has 0 bridgehead atoms. The van der Waals surface area contributed by atoms with Crippen molar-refractivity contribution < 1.29 is 0 Å². The second kappa shape index (κ2) is 5.14. The Morgan fingerprint density at radius 2 is 2.16 bits per heavy atom. The zero-order valence-electron chi connectivity index (χ0n) is 11.6. The van der Waals surface area contributed by atoms with Gasteiger partial charge in [-0.1, -0.05) is 35.9 Å². The van der Waals surface area contributed by atoms with Gasteiger partial charge in [-0.2, -0.15) is 0 Å². The molecule has 0 fully saturated rings. The van der Waals surface area contributed by atoms with Gasteiger partial charge in [0.1, 0.15) is 0 Å². The molecule has 0 amide bonds. The van der Waals surface area contributed by atoms with Crippen molar-refractivity contribution in [2.24, 2.45) is 0 Å². The molecule has 3 rings (SSSR count). The molecular formula is C17H20N2. The summed E-state index contributed by atoms with van der Waals surface area (Å²) in [5.41, 5.74) is 5.30. The third-order valence-electron chi connectivity index (χ3n) is 3.95. The van der Waals surface area contributed by atoms with Gasteiger partial charge in [0.15, 0.2) is 0 Å². The van der Waals surface area contributed by atoms with Crippen LogP contribution in [0.25, 0.3) is 0 Å². The van der Waals surface area contributed by atoms with Gasteiger partial charge in [0.05, 0.1) is 11.7 Å². The maximum atomic E-state index is 4.54. The highest BCUT2D eigenvalue weighted by Gasteiger charge is 2.24. The molecule has 0 saturated carbocycles. The summed E-state index contributed by atoms with van der Waals surface area (Å²) in [6.45, 7) is 4.37. The Bertz CT molecular complexity index is 577. The predicted octanol–water partition coefficient (Wildman–Crippen LogP) is 3.73. The van der Waals surface area contributed by atoms with Crippen LogP contribution in [0.3, 0.4) is 0 Å². The van der Waals surface area contributed by atoms with Gasteiger partial charge in [-0.05, 0) is 43.9 Å². The first-order valence-corrected chi connectivity index (χ1v) is 7.00. The monoisotopic (exact) mass is 252 g/mol. The Morgan fingerprint density at radius 3 is 3.00 bits per heavy atom. The van der Waals surface area contributed by atoms with Crippen LogP contribution in [0, 0.1) is 6.92 Å². The van der Waals surface area contributed by atoms with Gasteiger partial charge in [0, 0.05) is 12.2 Å². The molecule has 1 aliphatic rings. The fourth-order valence-corrected chi connectivity index (χ4v) is 2.91. The fourth-order valence-electron chi connectivity index (χ4n) is 2.91. The van der Waals surface area contributed by atoms with Crippen molar-refractivity contribution in [3.8, 4) is 0 Å². The second-order valence-corrected chi connectivity index (χ2v) is 5.44. The third-order valence-corrected chi connectivity index (χ3v) is 3.95. The molecular weight excluding hydrogens is 232 g/mol. The van der Waals surface area contributed by atoms with E-state index < -0.39 is 0 Å². The van der Waals surface area contributed by atoms with E-state index in [-0.39, 0.29) is 0 Å². The van der Waals surface area contributed by atoms with E-state index in [0.29, 0.717) is 12.1 Å². The van der Waals surface area contributed by atoms with E-state index in [1.54, 1.807) is 0 Å². The maximum absolute atomic E-state index is 4.54. The van der Waals surface area contributed by atoms with Crippen molar-refractivity contribution in [2.45, 2.75) is 38.8 Å². The average Bonchev–Trinajstić information content (AvgIpc) is 2.82. The number of rotatable bonds is 3. The Morgan fingerprint density at radius 1 is 1.26 bits per heavy atom. The molecule has 98 valence electrons. The molecule has 2 heteroatoms. The van der Waals surface area contributed by atoms with Crippen molar-refractivity contribution in [1.29, 1.82) is 0 Å². The van der Waals surface area contributed by atoms with Crippen LogP contribution in [-0.4, -0.2) is 4.98 Å². The van der Waals surface area contributed by atoms with Crippen molar-refractivity contribution in [2.75, 3.05) is 0 Å². The summed E-state index contributed by atoms with van der Waals surface area (Å²) in [6.07, 6.45) is 4.19. The minimum Gasteiger partial charge on any atom is -0.302 e. The number of hydrogen-bond acceptors (Lipinski definition) is 2. The van der Waals surface area contributed by atoms with Crippen LogP contribution in [0.1, 0.15) is 47.8 Å². The Balaban J connectivity index is 1.76. The van der Waals surface area contributed by atoms with Crippen molar-refractivity contribution in [3.05, 3.63) is 65.0 Å². The molecule has 2 aromatic rings.